The maximum atomic E-state index is 12.5. The highest BCUT2D eigenvalue weighted by molar-refractivity contribution is 5.89. The van der Waals surface area contributed by atoms with E-state index in [4.69, 9.17) is 4.74 Å². The minimum Gasteiger partial charge on any atom is -0.497 e. The summed E-state index contributed by atoms with van der Waals surface area (Å²) in [6.07, 6.45) is 0.130. The van der Waals surface area contributed by atoms with Gasteiger partial charge in [-0.05, 0) is 23.3 Å². The summed E-state index contributed by atoms with van der Waals surface area (Å²) in [5.41, 5.74) is 1.58. The SMILES string of the molecule is COc1ccc(CN2CC(C(=O)NCC(C(=O)O)c3ccccc3)CC2=O)cc1. The number of aliphatic carboxylic acids is 1. The zero-order valence-electron chi connectivity index (χ0n) is 16.2. The first-order chi connectivity index (χ1) is 14.0. The van der Waals surface area contributed by atoms with Crippen molar-refractivity contribution in [2.45, 2.75) is 18.9 Å². The predicted molar refractivity (Wildman–Crippen MR) is 106 cm³/mol. The first kappa shape index (κ1) is 20.4. The number of ether oxygens (including phenoxy) is 1. The van der Waals surface area contributed by atoms with E-state index in [-0.39, 0.29) is 24.8 Å². The van der Waals surface area contributed by atoms with Crippen LogP contribution in [0.15, 0.2) is 54.6 Å². The van der Waals surface area contributed by atoms with Gasteiger partial charge < -0.3 is 20.1 Å². The van der Waals surface area contributed by atoms with Gasteiger partial charge in [-0.1, -0.05) is 42.5 Å². The number of rotatable bonds is 8. The highest BCUT2D eigenvalue weighted by Crippen LogP contribution is 2.22. The third kappa shape index (κ3) is 5.13. The first-order valence-corrected chi connectivity index (χ1v) is 9.44. The summed E-state index contributed by atoms with van der Waals surface area (Å²) in [7, 11) is 1.59. The van der Waals surface area contributed by atoms with E-state index in [9.17, 15) is 19.5 Å². The molecule has 1 fully saturated rings. The molecule has 0 aliphatic carbocycles. The third-order valence-electron chi connectivity index (χ3n) is 5.10. The van der Waals surface area contributed by atoms with Gasteiger partial charge in [-0.2, -0.15) is 0 Å². The number of nitrogens with zero attached hydrogens (tertiary/aromatic N) is 1. The lowest BCUT2D eigenvalue weighted by molar-refractivity contribution is -0.139. The second-order valence-corrected chi connectivity index (χ2v) is 7.07. The quantitative estimate of drug-likeness (QED) is 0.712. The summed E-state index contributed by atoms with van der Waals surface area (Å²) < 4.78 is 5.13. The predicted octanol–water partition coefficient (Wildman–Crippen LogP) is 2.03. The highest BCUT2D eigenvalue weighted by Gasteiger charge is 2.34. The Hall–Kier alpha value is -3.35. The van der Waals surface area contributed by atoms with E-state index in [0.29, 0.717) is 18.7 Å². The van der Waals surface area contributed by atoms with Crippen LogP contribution in [0.2, 0.25) is 0 Å². The number of nitrogens with one attached hydrogen (secondary N) is 1. The van der Waals surface area contributed by atoms with Crippen molar-refractivity contribution in [1.82, 2.24) is 10.2 Å². The van der Waals surface area contributed by atoms with Crippen LogP contribution < -0.4 is 10.1 Å². The summed E-state index contributed by atoms with van der Waals surface area (Å²) in [5, 5.41) is 12.2. The topological polar surface area (TPSA) is 95.9 Å². The van der Waals surface area contributed by atoms with Crippen LogP contribution in [0, 0.1) is 5.92 Å². The van der Waals surface area contributed by atoms with E-state index in [1.165, 1.54) is 0 Å². The van der Waals surface area contributed by atoms with Gasteiger partial charge in [0.2, 0.25) is 11.8 Å². The van der Waals surface area contributed by atoms with Gasteiger partial charge in [0.1, 0.15) is 5.75 Å². The van der Waals surface area contributed by atoms with Crippen molar-refractivity contribution in [2.24, 2.45) is 5.92 Å². The Balaban J connectivity index is 1.56. The lowest BCUT2D eigenvalue weighted by Crippen LogP contribution is -2.37. The molecule has 0 spiro atoms. The second-order valence-electron chi connectivity index (χ2n) is 7.07. The molecule has 0 bridgehead atoms. The average Bonchev–Trinajstić information content (AvgIpc) is 3.09. The lowest BCUT2D eigenvalue weighted by atomic mass is 9.99. The number of carboxylic acid groups (broad SMARTS) is 1. The average molecular weight is 396 g/mol. The summed E-state index contributed by atoms with van der Waals surface area (Å²) >= 11 is 0. The van der Waals surface area contributed by atoms with Crippen molar-refractivity contribution in [3.05, 3.63) is 65.7 Å². The molecule has 1 aliphatic rings. The molecule has 29 heavy (non-hydrogen) atoms. The van der Waals surface area contributed by atoms with E-state index in [1.807, 2.05) is 30.3 Å². The van der Waals surface area contributed by atoms with Crippen LogP contribution in [0.3, 0.4) is 0 Å². The zero-order chi connectivity index (χ0) is 20.8. The van der Waals surface area contributed by atoms with Crippen LogP contribution in [-0.4, -0.2) is 48.0 Å². The second kappa shape index (κ2) is 9.23. The fourth-order valence-electron chi connectivity index (χ4n) is 3.43. The molecule has 7 heteroatoms. The third-order valence-corrected chi connectivity index (χ3v) is 5.10. The molecule has 1 saturated heterocycles. The van der Waals surface area contributed by atoms with Crippen molar-refractivity contribution < 1.29 is 24.2 Å². The molecular weight excluding hydrogens is 372 g/mol. The van der Waals surface area contributed by atoms with Gasteiger partial charge in [-0.3, -0.25) is 14.4 Å². The number of carbonyl (C=O) groups excluding carboxylic acids is 2. The Kier molecular flexibility index (Phi) is 6.49. The van der Waals surface area contributed by atoms with E-state index in [2.05, 4.69) is 5.32 Å². The van der Waals surface area contributed by atoms with Crippen molar-refractivity contribution >= 4 is 17.8 Å². The molecule has 152 valence electrons. The monoisotopic (exact) mass is 396 g/mol. The molecule has 0 radical (unpaired) electrons. The summed E-state index contributed by atoms with van der Waals surface area (Å²) in [5.74, 6) is -1.94. The Morgan fingerprint density at radius 3 is 2.48 bits per heavy atom. The van der Waals surface area contributed by atoms with Gasteiger partial charge in [0, 0.05) is 26.1 Å². The van der Waals surface area contributed by atoms with Crippen molar-refractivity contribution in [1.29, 1.82) is 0 Å². The lowest BCUT2D eigenvalue weighted by Gasteiger charge is -2.18. The number of hydrogen-bond donors (Lipinski definition) is 2. The molecule has 0 aromatic heterocycles. The molecule has 2 aromatic carbocycles. The molecule has 3 rings (SSSR count). The van der Waals surface area contributed by atoms with Gasteiger partial charge >= 0.3 is 5.97 Å². The summed E-state index contributed by atoms with van der Waals surface area (Å²) in [6, 6.07) is 16.2. The van der Waals surface area contributed by atoms with Gasteiger partial charge in [0.25, 0.3) is 0 Å². The molecule has 2 unspecified atom stereocenters. The van der Waals surface area contributed by atoms with E-state index in [0.717, 1.165) is 11.3 Å². The molecular formula is C22H24N2O5. The molecule has 2 aromatic rings. The fraction of sp³-hybridized carbons (Fsp3) is 0.318. The van der Waals surface area contributed by atoms with Crippen LogP contribution >= 0.6 is 0 Å². The number of hydrogen-bond acceptors (Lipinski definition) is 4. The van der Waals surface area contributed by atoms with Gasteiger partial charge in [-0.25, -0.2) is 0 Å². The van der Waals surface area contributed by atoms with Crippen molar-refractivity contribution in [3.8, 4) is 5.75 Å². The van der Waals surface area contributed by atoms with Crippen LogP contribution in [-0.2, 0) is 20.9 Å². The number of methoxy groups -OCH3 is 1. The van der Waals surface area contributed by atoms with Crippen LogP contribution in [0.5, 0.6) is 5.75 Å². The molecule has 2 N–H and O–H groups in total. The number of carbonyl (C=O) groups is 3. The Labute approximate surface area is 169 Å². The Morgan fingerprint density at radius 2 is 1.86 bits per heavy atom. The number of carboxylic acids is 1. The van der Waals surface area contributed by atoms with Crippen LogP contribution in [0.1, 0.15) is 23.5 Å². The Morgan fingerprint density at radius 1 is 1.17 bits per heavy atom. The molecule has 2 amide bonds. The standard InChI is InChI=1S/C22H24N2O5/c1-29-18-9-7-15(8-10-18)13-24-14-17(11-20(24)25)21(26)23-12-19(22(27)28)16-5-3-2-4-6-16/h2-10,17,19H,11-14H2,1H3,(H,23,26)(H,27,28). The molecule has 1 aliphatic heterocycles. The number of likely N-dealkylation sites (tertiary alicyclic amines) is 1. The van der Waals surface area contributed by atoms with Gasteiger partial charge in [-0.15, -0.1) is 0 Å². The van der Waals surface area contributed by atoms with Crippen LogP contribution in [0.25, 0.3) is 0 Å². The van der Waals surface area contributed by atoms with Crippen molar-refractivity contribution in [2.75, 3.05) is 20.2 Å². The fourth-order valence-corrected chi connectivity index (χ4v) is 3.43. The minimum atomic E-state index is -1.000. The van der Waals surface area contributed by atoms with E-state index in [1.54, 1.807) is 36.3 Å². The summed E-state index contributed by atoms with van der Waals surface area (Å²) in [4.78, 5) is 38.1. The summed E-state index contributed by atoms with van der Waals surface area (Å²) in [6.45, 7) is 0.732. The normalized spacial score (nSPS) is 17.1. The molecule has 2 atom stereocenters. The van der Waals surface area contributed by atoms with Gasteiger partial charge in [0.15, 0.2) is 0 Å². The largest absolute Gasteiger partial charge is 0.497 e. The first-order valence-electron chi connectivity index (χ1n) is 9.44. The van der Waals surface area contributed by atoms with Crippen molar-refractivity contribution in [3.63, 3.8) is 0 Å². The maximum Gasteiger partial charge on any atom is 0.312 e. The highest BCUT2D eigenvalue weighted by atomic mass is 16.5. The minimum absolute atomic E-state index is 0.0125. The number of benzene rings is 2. The van der Waals surface area contributed by atoms with E-state index >= 15 is 0 Å². The van der Waals surface area contributed by atoms with Crippen LogP contribution in [0.4, 0.5) is 0 Å². The van der Waals surface area contributed by atoms with E-state index < -0.39 is 17.8 Å². The number of amides is 2. The zero-order valence-corrected chi connectivity index (χ0v) is 16.2. The van der Waals surface area contributed by atoms with Gasteiger partial charge in [0.05, 0.1) is 18.9 Å². The molecule has 1 heterocycles. The molecule has 7 nitrogen and oxygen atoms in total. The molecule has 0 saturated carbocycles. The Bertz CT molecular complexity index is 867. The smallest absolute Gasteiger partial charge is 0.312 e. The maximum absolute atomic E-state index is 12.5.